The minimum atomic E-state index is -0.971. The molecule has 1 aliphatic rings. The number of azide groups is 1. The van der Waals surface area contributed by atoms with Gasteiger partial charge in [-0.25, -0.2) is 0 Å². The maximum Gasteiger partial charge on any atom is 0.0889 e. The highest BCUT2D eigenvalue weighted by molar-refractivity contribution is 5.24. The van der Waals surface area contributed by atoms with E-state index in [1.165, 1.54) is 0 Å². The number of hydrogen-bond acceptors (Lipinski definition) is 3. The fraction of sp³-hybridized carbons (Fsp3) is 0.455. The molecule has 0 aliphatic heterocycles. The zero-order valence-corrected chi connectivity index (χ0v) is 8.64. The minimum Gasteiger partial charge on any atom is -0.390 e. The molecule has 1 aromatic rings. The van der Waals surface area contributed by atoms with Crippen LogP contribution in [0.5, 0.6) is 0 Å². The van der Waals surface area contributed by atoms with Gasteiger partial charge in [0.05, 0.1) is 18.2 Å². The third-order valence-electron chi connectivity index (χ3n) is 3.08. The second-order valence-corrected chi connectivity index (χ2v) is 4.01. The molecule has 2 rings (SSSR count). The zero-order chi connectivity index (χ0) is 11.5. The Morgan fingerprint density at radius 3 is 2.50 bits per heavy atom. The van der Waals surface area contributed by atoms with Gasteiger partial charge < -0.3 is 10.2 Å². The first kappa shape index (κ1) is 11.0. The molecule has 0 bridgehead atoms. The Hall–Kier alpha value is -1.55. The van der Waals surface area contributed by atoms with Gasteiger partial charge in [0.15, 0.2) is 0 Å². The molecule has 0 aromatic heterocycles. The molecule has 84 valence electrons. The van der Waals surface area contributed by atoms with E-state index >= 15 is 0 Å². The van der Waals surface area contributed by atoms with Gasteiger partial charge in [-0.1, -0.05) is 35.4 Å². The minimum absolute atomic E-state index is 0.160. The van der Waals surface area contributed by atoms with Crippen LogP contribution in [0.15, 0.2) is 35.4 Å². The number of benzene rings is 1. The van der Waals surface area contributed by atoms with Crippen LogP contribution in [-0.4, -0.2) is 28.5 Å². The molecule has 5 nitrogen and oxygen atoms in total. The van der Waals surface area contributed by atoms with Crippen molar-refractivity contribution in [2.75, 3.05) is 0 Å². The topological polar surface area (TPSA) is 89.2 Å². The normalized spacial score (nSPS) is 33.4. The Balaban J connectivity index is 2.22. The first-order valence-electron chi connectivity index (χ1n) is 5.19. The standard InChI is InChI=1S/C11H13N3O2/c12-14-13-9-6-8(10(15)11(9)16)7-4-2-1-3-5-7/h1-5,8-11,15-16H,6H2/t8-,9-,10-,11+/m1/s1. The van der Waals surface area contributed by atoms with E-state index in [0.717, 1.165) is 5.56 Å². The molecule has 0 radical (unpaired) electrons. The molecule has 0 heterocycles. The van der Waals surface area contributed by atoms with Crippen molar-refractivity contribution in [1.29, 1.82) is 0 Å². The summed E-state index contributed by atoms with van der Waals surface area (Å²) >= 11 is 0. The van der Waals surface area contributed by atoms with E-state index in [9.17, 15) is 10.2 Å². The Morgan fingerprint density at radius 1 is 1.19 bits per heavy atom. The molecule has 0 saturated heterocycles. The molecule has 0 spiro atoms. The third kappa shape index (κ3) is 1.88. The van der Waals surface area contributed by atoms with E-state index in [4.69, 9.17) is 5.53 Å². The smallest absolute Gasteiger partial charge is 0.0889 e. The lowest BCUT2D eigenvalue weighted by Crippen LogP contribution is -2.29. The van der Waals surface area contributed by atoms with Crippen molar-refractivity contribution < 1.29 is 10.2 Å². The number of hydrogen-bond donors (Lipinski definition) is 2. The summed E-state index contributed by atoms with van der Waals surface area (Å²) in [7, 11) is 0. The van der Waals surface area contributed by atoms with E-state index in [-0.39, 0.29) is 5.92 Å². The highest BCUT2D eigenvalue weighted by atomic mass is 16.3. The van der Waals surface area contributed by atoms with E-state index in [1.54, 1.807) is 0 Å². The predicted octanol–water partition coefficient (Wildman–Crippen LogP) is 1.57. The molecule has 1 saturated carbocycles. The molecule has 1 aliphatic carbocycles. The highest BCUT2D eigenvalue weighted by Gasteiger charge is 2.41. The molecule has 5 heteroatoms. The van der Waals surface area contributed by atoms with Crippen molar-refractivity contribution in [3.8, 4) is 0 Å². The lowest BCUT2D eigenvalue weighted by molar-refractivity contribution is 0.0287. The molecule has 16 heavy (non-hydrogen) atoms. The van der Waals surface area contributed by atoms with Gasteiger partial charge in [-0.05, 0) is 17.5 Å². The van der Waals surface area contributed by atoms with Crippen molar-refractivity contribution >= 4 is 0 Å². The molecule has 2 N–H and O–H groups in total. The molecular weight excluding hydrogens is 206 g/mol. The summed E-state index contributed by atoms with van der Waals surface area (Å²) in [6, 6.07) is 8.93. The predicted molar refractivity (Wildman–Crippen MR) is 58.7 cm³/mol. The fourth-order valence-electron chi connectivity index (χ4n) is 2.22. The van der Waals surface area contributed by atoms with Crippen LogP contribution in [0.2, 0.25) is 0 Å². The Morgan fingerprint density at radius 2 is 1.88 bits per heavy atom. The average Bonchev–Trinajstić information content (AvgIpc) is 2.59. The quantitative estimate of drug-likeness (QED) is 0.449. The van der Waals surface area contributed by atoms with Crippen molar-refractivity contribution in [3.05, 3.63) is 46.3 Å². The Kier molecular flexibility index (Phi) is 3.10. The van der Waals surface area contributed by atoms with E-state index in [1.807, 2.05) is 30.3 Å². The van der Waals surface area contributed by atoms with Crippen LogP contribution in [0.1, 0.15) is 17.9 Å². The Bertz CT molecular complexity index is 403. The molecule has 0 unspecified atom stereocenters. The lowest BCUT2D eigenvalue weighted by Gasteiger charge is -2.16. The summed E-state index contributed by atoms with van der Waals surface area (Å²) in [5.74, 6) is -0.160. The van der Waals surface area contributed by atoms with Gasteiger partial charge in [-0.3, -0.25) is 0 Å². The van der Waals surface area contributed by atoms with Gasteiger partial charge in [0, 0.05) is 10.8 Å². The van der Waals surface area contributed by atoms with Crippen molar-refractivity contribution in [1.82, 2.24) is 0 Å². The van der Waals surface area contributed by atoms with Gasteiger partial charge in [-0.15, -0.1) is 0 Å². The number of aliphatic hydroxyl groups excluding tert-OH is 2. The summed E-state index contributed by atoms with van der Waals surface area (Å²) < 4.78 is 0. The summed E-state index contributed by atoms with van der Waals surface area (Å²) in [4.78, 5) is 2.68. The molecule has 4 atom stereocenters. The van der Waals surface area contributed by atoms with Gasteiger partial charge in [-0.2, -0.15) is 0 Å². The maximum atomic E-state index is 9.87. The van der Waals surface area contributed by atoms with Crippen LogP contribution in [-0.2, 0) is 0 Å². The average molecular weight is 219 g/mol. The van der Waals surface area contributed by atoms with Crippen molar-refractivity contribution in [3.63, 3.8) is 0 Å². The first-order valence-corrected chi connectivity index (χ1v) is 5.19. The fourth-order valence-corrected chi connectivity index (χ4v) is 2.22. The van der Waals surface area contributed by atoms with Crippen LogP contribution < -0.4 is 0 Å². The van der Waals surface area contributed by atoms with E-state index < -0.39 is 18.2 Å². The Labute approximate surface area is 93.0 Å². The van der Waals surface area contributed by atoms with Crippen LogP contribution in [0.4, 0.5) is 0 Å². The van der Waals surface area contributed by atoms with Crippen molar-refractivity contribution in [2.24, 2.45) is 5.11 Å². The van der Waals surface area contributed by atoms with Gasteiger partial charge in [0.2, 0.25) is 0 Å². The van der Waals surface area contributed by atoms with E-state index in [2.05, 4.69) is 10.0 Å². The summed E-state index contributed by atoms with van der Waals surface area (Å²) in [6.45, 7) is 0. The monoisotopic (exact) mass is 219 g/mol. The van der Waals surface area contributed by atoms with E-state index in [0.29, 0.717) is 6.42 Å². The van der Waals surface area contributed by atoms with Crippen LogP contribution in [0.3, 0.4) is 0 Å². The van der Waals surface area contributed by atoms with Gasteiger partial charge in [0.25, 0.3) is 0 Å². The first-order chi connectivity index (χ1) is 7.74. The number of nitrogens with zero attached hydrogens (tertiary/aromatic N) is 3. The molecule has 0 amide bonds. The SMILES string of the molecule is [N-]=[N+]=N[C@@H]1C[C@H](c2ccccc2)[C@@H](O)[C@H]1O. The largest absolute Gasteiger partial charge is 0.390 e. The van der Waals surface area contributed by atoms with Crippen LogP contribution in [0, 0.1) is 0 Å². The summed E-state index contributed by atoms with van der Waals surface area (Å²) in [6.07, 6.45) is -1.35. The molecule has 1 fully saturated rings. The van der Waals surface area contributed by atoms with Gasteiger partial charge in [0.1, 0.15) is 0 Å². The molecule has 1 aromatic carbocycles. The van der Waals surface area contributed by atoms with Crippen molar-refractivity contribution in [2.45, 2.75) is 30.6 Å². The second kappa shape index (κ2) is 4.53. The third-order valence-corrected chi connectivity index (χ3v) is 3.08. The summed E-state index contributed by atoms with van der Waals surface area (Å²) in [5.41, 5.74) is 9.32. The highest BCUT2D eigenvalue weighted by Crippen LogP contribution is 2.36. The number of rotatable bonds is 2. The number of aliphatic hydroxyl groups is 2. The lowest BCUT2D eigenvalue weighted by atomic mass is 9.95. The maximum absolute atomic E-state index is 9.87. The van der Waals surface area contributed by atoms with Crippen LogP contribution in [0.25, 0.3) is 10.4 Å². The zero-order valence-electron chi connectivity index (χ0n) is 8.64. The second-order valence-electron chi connectivity index (χ2n) is 4.01. The summed E-state index contributed by atoms with van der Waals surface area (Å²) in [5, 5.41) is 23.1. The molecular formula is C11H13N3O2. The van der Waals surface area contributed by atoms with Crippen LogP contribution >= 0.6 is 0 Å². The van der Waals surface area contributed by atoms with Gasteiger partial charge >= 0.3 is 0 Å².